The molecule has 0 aromatic heterocycles. The summed E-state index contributed by atoms with van der Waals surface area (Å²) in [6.07, 6.45) is -0.319. The molecule has 0 aliphatic heterocycles. The molecule has 5 nitrogen and oxygen atoms in total. The Morgan fingerprint density at radius 3 is 2.18 bits per heavy atom. The summed E-state index contributed by atoms with van der Waals surface area (Å²) in [4.78, 5) is 35.1. The first-order valence-corrected chi connectivity index (χ1v) is 2.98. The van der Waals surface area contributed by atoms with Gasteiger partial charge in [0.25, 0.3) is 0 Å². The monoisotopic (exact) mass is 159 g/mol. The molecule has 0 aromatic carbocycles. The standard InChI is InChI=1S/C6H9NO4/c1-4(8)3-6(10)11-7-5(2)9/h3H2,1-2H3,(H,7,9). The maximum atomic E-state index is 10.5. The Bertz CT molecular complexity index is 187. The van der Waals surface area contributed by atoms with Crippen molar-refractivity contribution in [2.45, 2.75) is 20.3 Å². The molecule has 0 unspecified atom stereocenters. The Hall–Kier alpha value is -1.39. The molecular weight excluding hydrogens is 150 g/mol. The molecule has 11 heavy (non-hydrogen) atoms. The third-order valence-corrected chi connectivity index (χ3v) is 0.702. The predicted molar refractivity (Wildman–Crippen MR) is 35.2 cm³/mol. The van der Waals surface area contributed by atoms with Gasteiger partial charge in [0.1, 0.15) is 12.2 Å². The van der Waals surface area contributed by atoms with Crippen LogP contribution in [0.2, 0.25) is 0 Å². The second-order valence-corrected chi connectivity index (χ2v) is 2.01. The van der Waals surface area contributed by atoms with E-state index in [2.05, 4.69) is 4.84 Å². The Kier molecular flexibility index (Phi) is 3.87. The molecule has 0 aliphatic rings. The molecule has 0 aromatic rings. The number of hydroxylamine groups is 1. The summed E-state index contributed by atoms with van der Waals surface area (Å²) in [5.41, 5.74) is 1.81. The quantitative estimate of drug-likeness (QED) is 0.438. The molecule has 0 bridgehead atoms. The van der Waals surface area contributed by atoms with Gasteiger partial charge in [-0.25, -0.2) is 4.79 Å². The van der Waals surface area contributed by atoms with Crippen molar-refractivity contribution >= 4 is 17.7 Å². The van der Waals surface area contributed by atoms with Gasteiger partial charge in [-0.05, 0) is 6.92 Å². The molecule has 1 N–H and O–H groups in total. The maximum absolute atomic E-state index is 10.5. The molecule has 0 heterocycles. The number of nitrogens with one attached hydrogen (secondary N) is 1. The van der Waals surface area contributed by atoms with Gasteiger partial charge in [0.2, 0.25) is 5.91 Å². The molecular formula is C6H9NO4. The number of amides is 1. The van der Waals surface area contributed by atoms with Crippen LogP contribution in [-0.4, -0.2) is 17.7 Å². The number of carbonyl (C=O) groups excluding carboxylic acids is 3. The Labute approximate surface area is 63.7 Å². The number of carbonyl (C=O) groups is 3. The zero-order valence-electron chi connectivity index (χ0n) is 6.34. The van der Waals surface area contributed by atoms with Gasteiger partial charge in [-0.2, -0.15) is 5.48 Å². The highest BCUT2D eigenvalue weighted by Crippen LogP contribution is 1.84. The number of hydrogen-bond acceptors (Lipinski definition) is 4. The van der Waals surface area contributed by atoms with E-state index in [1.807, 2.05) is 5.48 Å². The molecule has 0 radical (unpaired) electrons. The van der Waals surface area contributed by atoms with E-state index in [0.717, 1.165) is 0 Å². The van der Waals surface area contributed by atoms with Gasteiger partial charge >= 0.3 is 5.97 Å². The highest BCUT2D eigenvalue weighted by molar-refractivity contribution is 5.94. The lowest BCUT2D eigenvalue weighted by molar-refractivity contribution is -0.158. The van der Waals surface area contributed by atoms with Crippen molar-refractivity contribution in [3.63, 3.8) is 0 Å². The predicted octanol–water partition coefficient (Wildman–Crippen LogP) is -0.440. The molecule has 0 fully saturated rings. The maximum Gasteiger partial charge on any atom is 0.339 e. The SMILES string of the molecule is CC(=O)CC(=O)ONC(C)=O. The van der Waals surface area contributed by atoms with Crippen LogP contribution in [0.15, 0.2) is 0 Å². The lowest BCUT2D eigenvalue weighted by atomic mass is 10.3. The van der Waals surface area contributed by atoms with Gasteiger partial charge in [0, 0.05) is 6.92 Å². The first-order chi connectivity index (χ1) is 5.02. The zero-order chi connectivity index (χ0) is 8.85. The van der Waals surface area contributed by atoms with Crippen LogP contribution >= 0.6 is 0 Å². The van der Waals surface area contributed by atoms with E-state index in [-0.39, 0.29) is 12.2 Å². The van der Waals surface area contributed by atoms with Gasteiger partial charge < -0.3 is 4.84 Å². The van der Waals surface area contributed by atoms with Crippen molar-refractivity contribution in [3.05, 3.63) is 0 Å². The van der Waals surface area contributed by atoms with Gasteiger partial charge in [0.05, 0.1) is 0 Å². The minimum Gasteiger partial charge on any atom is -0.340 e. The average Bonchev–Trinajstić information content (AvgIpc) is 1.82. The molecule has 0 saturated carbocycles. The Morgan fingerprint density at radius 1 is 1.27 bits per heavy atom. The summed E-state index contributed by atoms with van der Waals surface area (Å²) in [7, 11) is 0. The molecule has 0 saturated heterocycles. The van der Waals surface area contributed by atoms with Crippen LogP contribution in [0.25, 0.3) is 0 Å². The van der Waals surface area contributed by atoms with Crippen molar-refractivity contribution in [3.8, 4) is 0 Å². The van der Waals surface area contributed by atoms with Crippen molar-refractivity contribution in [1.29, 1.82) is 0 Å². The number of rotatable bonds is 2. The summed E-state index contributed by atoms with van der Waals surface area (Å²) in [5, 5.41) is 0. The third-order valence-electron chi connectivity index (χ3n) is 0.702. The third kappa shape index (κ3) is 6.50. The lowest BCUT2D eigenvalue weighted by Crippen LogP contribution is -2.25. The van der Waals surface area contributed by atoms with E-state index >= 15 is 0 Å². The molecule has 5 heteroatoms. The van der Waals surface area contributed by atoms with Crippen LogP contribution in [0.5, 0.6) is 0 Å². The van der Waals surface area contributed by atoms with Crippen LogP contribution in [0.4, 0.5) is 0 Å². The van der Waals surface area contributed by atoms with Crippen LogP contribution in [0, 0.1) is 0 Å². The van der Waals surface area contributed by atoms with Crippen molar-refractivity contribution in [2.24, 2.45) is 0 Å². The van der Waals surface area contributed by atoms with Crippen molar-refractivity contribution < 1.29 is 19.2 Å². The fraction of sp³-hybridized carbons (Fsp3) is 0.500. The second-order valence-electron chi connectivity index (χ2n) is 2.01. The van der Waals surface area contributed by atoms with E-state index < -0.39 is 11.9 Å². The fourth-order valence-corrected chi connectivity index (χ4v) is 0.368. The molecule has 62 valence electrons. The van der Waals surface area contributed by atoms with E-state index in [1.165, 1.54) is 13.8 Å². The average molecular weight is 159 g/mol. The van der Waals surface area contributed by atoms with Gasteiger partial charge in [-0.15, -0.1) is 0 Å². The summed E-state index contributed by atoms with van der Waals surface area (Å²) in [5.74, 6) is -1.55. The highest BCUT2D eigenvalue weighted by atomic mass is 16.7. The van der Waals surface area contributed by atoms with Crippen molar-refractivity contribution in [1.82, 2.24) is 5.48 Å². The number of hydrogen-bond donors (Lipinski definition) is 1. The summed E-state index contributed by atoms with van der Waals surface area (Å²) in [6.45, 7) is 2.45. The molecule has 0 atom stereocenters. The highest BCUT2D eigenvalue weighted by Gasteiger charge is 2.06. The van der Waals surface area contributed by atoms with Crippen LogP contribution < -0.4 is 5.48 Å². The smallest absolute Gasteiger partial charge is 0.339 e. The molecule has 0 rings (SSSR count). The van der Waals surface area contributed by atoms with E-state index in [4.69, 9.17) is 0 Å². The fourth-order valence-electron chi connectivity index (χ4n) is 0.368. The number of Topliss-reactive ketones (excluding diaryl/α,β-unsaturated/α-hetero) is 1. The van der Waals surface area contributed by atoms with E-state index in [9.17, 15) is 14.4 Å². The number of ketones is 1. The normalized spacial score (nSPS) is 8.55. The molecule has 0 spiro atoms. The summed E-state index contributed by atoms with van der Waals surface area (Å²) >= 11 is 0. The lowest BCUT2D eigenvalue weighted by Gasteiger charge is -1.99. The first kappa shape index (κ1) is 9.61. The molecule has 0 aliphatic carbocycles. The Balaban J connectivity index is 3.53. The zero-order valence-corrected chi connectivity index (χ0v) is 6.34. The minimum absolute atomic E-state index is 0.305. The van der Waals surface area contributed by atoms with Gasteiger partial charge in [-0.1, -0.05) is 0 Å². The van der Waals surface area contributed by atoms with Crippen LogP contribution in [0.1, 0.15) is 20.3 Å². The first-order valence-electron chi connectivity index (χ1n) is 2.98. The second kappa shape index (κ2) is 4.43. The largest absolute Gasteiger partial charge is 0.340 e. The molecule has 1 amide bonds. The summed E-state index contributed by atoms with van der Waals surface area (Å²) < 4.78 is 0. The minimum atomic E-state index is -0.757. The van der Waals surface area contributed by atoms with Crippen LogP contribution in [-0.2, 0) is 19.2 Å². The topological polar surface area (TPSA) is 72.5 Å². The Morgan fingerprint density at radius 2 is 1.82 bits per heavy atom. The van der Waals surface area contributed by atoms with Gasteiger partial charge in [0.15, 0.2) is 0 Å². The van der Waals surface area contributed by atoms with Crippen molar-refractivity contribution in [2.75, 3.05) is 0 Å². The summed E-state index contributed by atoms with van der Waals surface area (Å²) in [6, 6.07) is 0. The van der Waals surface area contributed by atoms with E-state index in [0.29, 0.717) is 0 Å². The van der Waals surface area contributed by atoms with Crippen LogP contribution in [0.3, 0.4) is 0 Å². The van der Waals surface area contributed by atoms with E-state index in [1.54, 1.807) is 0 Å². The van der Waals surface area contributed by atoms with Gasteiger partial charge in [-0.3, -0.25) is 9.59 Å².